The van der Waals surface area contributed by atoms with Crippen molar-refractivity contribution in [1.29, 1.82) is 0 Å². The van der Waals surface area contributed by atoms with Crippen LogP contribution >= 0.6 is 15.9 Å². The van der Waals surface area contributed by atoms with E-state index in [1.54, 1.807) is 0 Å². The van der Waals surface area contributed by atoms with Crippen molar-refractivity contribution in [3.8, 4) is 0 Å². The molecular weight excluding hydrogens is 346 g/mol. The average Bonchev–Trinajstić information content (AvgIpc) is 2.88. The van der Waals surface area contributed by atoms with Gasteiger partial charge in [-0.05, 0) is 34.8 Å². The maximum Gasteiger partial charge on any atom is 0.225 e. The zero-order chi connectivity index (χ0) is 15.9. The van der Waals surface area contributed by atoms with Gasteiger partial charge >= 0.3 is 0 Å². The first-order chi connectivity index (χ1) is 10.5. The highest BCUT2D eigenvalue weighted by Crippen LogP contribution is 2.32. The molecule has 1 aliphatic rings. The molecular formula is C15H20BrN5O. The Kier molecular flexibility index (Phi) is 4.08. The highest BCUT2D eigenvalue weighted by Gasteiger charge is 2.26. The molecule has 0 atom stereocenters. The summed E-state index contributed by atoms with van der Waals surface area (Å²) in [5.74, 6) is 1.12. The molecule has 0 unspecified atom stereocenters. The molecule has 0 aliphatic carbocycles. The number of nitrogens with two attached hydrogens (primary N) is 1. The number of rotatable bonds is 2. The summed E-state index contributed by atoms with van der Waals surface area (Å²) in [4.78, 5) is 18.6. The van der Waals surface area contributed by atoms with Crippen LogP contribution in [0.3, 0.4) is 0 Å². The number of nitrogen functional groups attached to an aromatic ring is 1. The van der Waals surface area contributed by atoms with E-state index >= 15 is 0 Å². The Morgan fingerprint density at radius 1 is 1.45 bits per heavy atom. The van der Waals surface area contributed by atoms with Crippen LogP contribution in [-0.4, -0.2) is 39.1 Å². The van der Waals surface area contributed by atoms with Gasteiger partial charge in [0.25, 0.3) is 0 Å². The zero-order valence-electron chi connectivity index (χ0n) is 12.8. The first kappa shape index (κ1) is 15.3. The molecule has 1 aliphatic heterocycles. The lowest BCUT2D eigenvalue weighted by atomic mass is 9.92. The summed E-state index contributed by atoms with van der Waals surface area (Å²) >= 11 is 3.48. The van der Waals surface area contributed by atoms with E-state index in [1.165, 1.54) is 0 Å². The SMILES string of the molecule is CC(C)C(=O)N1CCC(c2cc3[nH]nc(N)c3c(Br)n2)CC1. The number of aromatic nitrogens is 3. The van der Waals surface area contributed by atoms with Gasteiger partial charge in [-0.15, -0.1) is 0 Å². The standard InChI is InChI=1S/C15H20BrN5O/c1-8(2)15(22)21-5-3-9(4-6-21)10-7-11-12(13(16)18-10)14(17)20-19-11/h7-9H,3-6H2,1-2H3,(H3,17,19,20). The number of carbonyl (C=O) groups is 1. The summed E-state index contributed by atoms with van der Waals surface area (Å²) in [6.45, 7) is 5.49. The third kappa shape index (κ3) is 2.69. The number of pyridine rings is 1. The smallest absolute Gasteiger partial charge is 0.225 e. The van der Waals surface area contributed by atoms with Crippen molar-refractivity contribution in [2.75, 3.05) is 18.8 Å². The Morgan fingerprint density at radius 3 is 2.77 bits per heavy atom. The number of halogens is 1. The minimum absolute atomic E-state index is 0.0631. The largest absolute Gasteiger partial charge is 0.382 e. The summed E-state index contributed by atoms with van der Waals surface area (Å²) in [6.07, 6.45) is 1.88. The van der Waals surface area contributed by atoms with E-state index in [2.05, 4.69) is 31.1 Å². The molecule has 2 aromatic heterocycles. The number of anilines is 1. The predicted molar refractivity (Wildman–Crippen MR) is 89.4 cm³/mol. The van der Waals surface area contributed by atoms with Crippen molar-refractivity contribution in [1.82, 2.24) is 20.1 Å². The number of aromatic amines is 1. The van der Waals surface area contributed by atoms with E-state index in [0.29, 0.717) is 11.7 Å². The fourth-order valence-corrected chi connectivity index (χ4v) is 3.63. The van der Waals surface area contributed by atoms with E-state index in [0.717, 1.165) is 47.1 Å². The molecule has 7 heteroatoms. The van der Waals surface area contributed by atoms with Gasteiger partial charge in [-0.25, -0.2) is 4.98 Å². The summed E-state index contributed by atoms with van der Waals surface area (Å²) in [6, 6.07) is 2.02. The van der Waals surface area contributed by atoms with Crippen LogP contribution in [-0.2, 0) is 4.79 Å². The number of carbonyl (C=O) groups excluding carboxylic acids is 1. The molecule has 118 valence electrons. The van der Waals surface area contributed by atoms with E-state index in [9.17, 15) is 4.79 Å². The molecule has 1 fully saturated rings. The van der Waals surface area contributed by atoms with Gasteiger partial charge in [0, 0.05) is 30.6 Å². The van der Waals surface area contributed by atoms with Crippen molar-refractivity contribution in [3.63, 3.8) is 0 Å². The molecule has 3 N–H and O–H groups in total. The lowest BCUT2D eigenvalue weighted by Crippen LogP contribution is -2.40. The molecule has 1 saturated heterocycles. The summed E-state index contributed by atoms with van der Waals surface area (Å²) in [7, 11) is 0. The fraction of sp³-hybridized carbons (Fsp3) is 0.533. The highest BCUT2D eigenvalue weighted by molar-refractivity contribution is 9.10. The molecule has 0 saturated carbocycles. The Bertz CT molecular complexity index is 703. The number of nitrogens with zero attached hydrogens (tertiary/aromatic N) is 3. The average molecular weight is 366 g/mol. The molecule has 6 nitrogen and oxygen atoms in total. The van der Waals surface area contributed by atoms with Crippen LogP contribution in [0.25, 0.3) is 10.9 Å². The number of likely N-dealkylation sites (tertiary alicyclic amines) is 1. The van der Waals surface area contributed by atoms with Crippen LogP contribution in [0.2, 0.25) is 0 Å². The maximum atomic E-state index is 12.0. The summed E-state index contributed by atoms with van der Waals surface area (Å²) in [5, 5.41) is 7.80. The number of piperidine rings is 1. The number of hydrogen-bond donors (Lipinski definition) is 2. The zero-order valence-corrected chi connectivity index (χ0v) is 14.4. The topological polar surface area (TPSA) is 87.9 Å². The molecule has 0 spiro atoms. The molecule has 2 aromatic rings. The Hall–Kier alpha value is -1.63. The second-order valence-corrected chi connectivity index (χ2v) is 6.87. The van der Waals surface area contributed by atoms with Crippen molar-refractivity contribution >= 4 is 38.6 Å². The van der Waals surface area contributed by atoms with Gasteiger partial charge in [0.2, 0.25) is 5.91 Å². The van der Waals surface area contributed by atoms with E-state index < -0.39 is 0 Å². The van der Waals surface area contributed by atoms with Crippen molar-refractivity contribution in [3.05, 3.63) is 16.4 Å². The number of fused-ring (bicyclic) bond motifs is 1. The van der Waals surface area contributed by atoms with Gasteiger partial charge in [-0.2, -0.15) is 5.10 Å². The maximum absolute atomic E-state index is 12.0. The van der Waals surface area contributed by atoms with Crippen molar-refractivity contribution in [2.45, 2.75) is 32.6 Å². The van der Waals surface area contributed by atoms with E-state index in [1.807, 2.05) is 24.8 Å². The molecule has 0 radical (unpaired) electrons. The van der Waals surface area contributed by atoms with Crippen LogP contribution in [0.15, 0.2) is 10.7 Å². The number of H-pyrrole nitrogens is 1. The van der Waals surface area contributed by atoms with Crippen LogP contribution in [0, 0.1) is 5.92 Å². The number of hydrogen-bond acceptors (Lipinski definition) is 4. The monoisotopic (exact) mass is 365 g/mol. The fourth-order valence-electron chi connectivity index (χ4n) is 3.01. The molecule has 1 amide bonds. The minimum atomic E-state index is 0.0631. The second kappa shape index (κ2) is 5.87. The summed E-state index contributed by atoms with van der Waals surface area (Å²) < 4.78 is 0.729. The Balaban J connectivity index is 1.78. The van der Waals surface area contributed by atoms with Crippen LogP contribution < -0.4 is 5.73 Å². The molecule has 3 heterocycles. The van der Waals surface area contributed by atoms with E-state index in [-0.39, 0.29) is 11.8 Å². The van der Waals surface area contributed by atoms with Crippen molar-refractivity contribution in [2.24, 2.45) is 5.92 Å². The summed E-state index contributed by atoms with van der Waals surface area (Å²) in [5.41, 5.74) is 7.75. The Morgan fingerprint density at radius 2 is 2.14 bits per heavy atom. The lowest BCUT2D eigenvalue weighted by molar-refractivity contribution is -0.135. The first-order valence-electron chi connectivity index (χ1n) is 7.56. The van der Waals surface area contributed by atoms with Crippen LogP contribution in [0.1, 0.15) is 38.3 Å². The molecule has 3 rings (SSSR count). The van der Waals surface area contributed by atoms with E-state index in [4.69, 9.17) is 5.73 Å². The second-order valence-electron chi connectivity index (χ2n) is 6.12. The first-order valence-corrected chi connectivity index (χ1v) is 8.35. The quantitative estimate of drug-likeness (QED) is 0.800. The van der Waals surface area contributed by atoms with Gasteiger partial charge in [0.1, 0.15) is 4.60 Å². The van der Waals surface area contributed by atoms with Gasteiger partial charge in [-0.1, -0.05) is 13.8 Å². The molecule has 22 heavy (non-hydrogen) atoms. The third-order valence-corrected chi connectivity index (χ3v) is 4.84. The molecule has 0 bridgehead atoms. The van der Waals surface area contributed by atoms with Gasteiger partial charge in [0.15, 0.2) is 5.82 Å². The predicted octanol–water partition coefficient (Wildman–Crippen LogP) is 2.66. The highest BCUT2D eigenvalue weighted by atomic mass is 79.9. The normalized spacial score (nSPS) is 16.6. The molecule has 0 aromatic carbocycles. The number of amides is 1. The van der Waals surface area contributed by atoms with Gasteiger partial charge in [0.05, 0.1) is 10.9 Å². The van der Waals surface area contributed by atoms with Crippen molar-refractivity contribution < 1.29 is 4.79 Å². The van der Waals surface area contributed by atoms with Gasteiger partial charge < -0.3 is 10.6 Å². The van der Waals surface area contributed by atoms with Crippen LogP contribution in [0.4, 0.5) is 5.82 Å². The Labute approximate surface area is 137 Å². The third-order valence-electron chi connectivity index (χ3n) is 4.27. The van der Waals surface area contributed by atoms with Crippen LogP contribution in [0.5, 0.6) is 0 Å². The minimum Gasteiger partial charge on any atom is -0.382 e. The lowest BCUT2D eigenvalue weighted by Gasteiger charge is -2.33. The number of nitrogens with one attached hydrogen (secondary N) is 1. The van der Waals surface area contributed by atoms with Gasteiger partial charge in [-0.3, -0.25) is 9.89 Å².